The number of likely N-dealkylation sites (tertiary alicyclic amines) is 1. The fraction of sp³-hybridized carbons (Fsp3) is 0.235. The standard InChI is InChI=1S/C34H34N6O3/c1-3-31-29(20-36-39(31)2)34(43)37-26-8-6-7-23(17-26)32(41)24-11-14-27-28(33(42)38-30(27)18-24)19-35-25-12-9-22(10-13-25)21-40-15-4-5-16-40/h6-14,17-20,38,42H,3-5,15-16,21H2,1-2H3,(H,37,43). The lowest BCUT2D eigenvalue weighted by atomic mass is 10.0. The van der Waals surface area contributed by atoms with E-state index in [0.29, 0.717) is 39.9 Å². The molecule has 1 fully saturated rings. The van der Waals surface area contributed by atoms with E-state index in [9.17, 15) is 14.7 Å². The fourth-order valence-electron chi connectivity index (χ4n) is 5.68. The van der Waals surface area contributed by atoms with Gasteiger partial charge < -0.3 is 15.4 Å². The minimum Gasteiger partial charge on any atom is -0.494 e. The molecule has 5 aromatic rings. The largest absolute Gasteiger partial charge is 0.494 e. The Bertz CT molecular complexity index is 1830. The average Bonchev–Trinajstić information content (AvgIpc) is 3.74. The van der Waals surface area contributed by atoms with Gasteiger partial charge in [0.15, 0.2) is 11.7 Å². The number of aromatic hydroxyl groups is 1. The smallest absolute Gasteiger partial charge is 0.259 e. The van der Waals surface area contributed by atoms with E-state index < -0.39 is 0 Å². The Balaban J connectivity index is 1.17. The molecule has 9 nitrogen and oxygen atoms in total. The molecule has 9 heteroatoms. The number of nitrogens with zero attached hydrogens (tertiary/aromatic N) is 4. The number of fused-ring (bicyclic) bond motifs is 1. The molecule has 6 rings (SSSR count). The van der Waals surface area contributed by atoms with E-state index >= 15 is 0 Å². The Labute approximate surface area is 249 Å². The average molecular weight is 575 g/mol. The molecule has 0 aliphatic carbocycles. The van der Waals surface area contributed by atoms with E-state index in [1.54, 1.807) is 66.6 Å². The van der Waals surface area contributed by atoms with Crippen LogP contribution < -0.4 is 5.32 Å². The van der Waals surface area contributed by atoms with Gasteiger partial charge in [-0.05, 0) is 68.2 Å². The van der Waals surface area contributed by atoms with Gasteiger partial charge >= 0.3 is 0 Å². The number of nitrogens with one attached hydrogen (secondary N) is 2. The molecule has 2 aromatic heterocycles. The van der Waals surface area contributed by atoms with E-state index in [2.05, 4.69) is 37.4 Å². The maximum atomic E-state index is 13.4. The summed E-state index contributed by atoms with van der Waals surface area (Å²) in [5.74, 6) is -0.488. The number of rotatable bonds is 9. The zero-order valence-electron chi connectivity index (χ0n) is 24.3. The first kappa shape index (κ1) is 28.1. The van der Waals surface area contributed by atoms with Crippen molar-refractivity contribution in [2.24, 2.45) is 12.0 Å². The van der Waals surface area contributed by atoms with Crippen LogP contribution in [0.1, 0.15) is 62.9 Å². The maximum Gasteiger partial charge on any atom is 0.259 e. The maximum absolute atomic E-state index is 13.4. The van der Waals surface area contributed by atoms with E-state index in [1.807, 2.05) is 19.1 Å². The normalized spacial score (nSPS) is 13.7. The monoisotopic (exact) mass is 574 g/mol. The van der Waals surface area contributed by atoms with Gasteiger partial charge in [0, 0.05) is 47.5 Å². The molecule has 0 unspecified atom stereocenters. The molecule has 3 aromatic carbocycles. The minimum atomic E-state index is -0.273. The van der Waals surface area contributed by atoms with Gasteiger partial charge in [0.05, 0.1) is 28.7 Å². The highest BCUT2D eigenvalue weighted by atomic mass is 16.3. The molecule has 3 heterocycles. The third-order valence-corrected chi connectivity index (χ3v) is 7.99. The summed E-state index contributed by atoms with van der Waals surface area (Å²) in [6.07, 6.45) is 6.41. The van der Waals surface area contributed by atoms with Crippen molar-refractivity contribution in [1.29, 1.82) is 0 Å². The van der Waals surface area contributed by atoms with Gasteiger partial charge in [-0.25, -0.2) is 0 Å². The van der Waals surface area contributed by atoms with Crippen LogP contribution in [0.25, 0.3) is 10.9 Å². The van der Waals surface area contributed by atoms with Crippen LogP contribution in [-0.2, 0) is 20.0 Å². The molecule has 0 saturated carbocycles. The van der Waals surface area contributed by atoms with Gasteiger partial charge in [-0.2, -0.15) is 5.10 Å². The number of aliphatic imine (C=N–C) groups is 1. The molecular formula is C34H34N6O3. The number of hydrogen-bond acceptors (Lipinski definition) is 6. The first-order valence-corrected chi connectivity index (χ1v) is 14.6. The zero-order valence-corrected chi connectivity index (χ0v) is 24.3. The molecule has 0 bridgehead atoms. The summed E-state index contributed by atoms with van der Waals surface area (Å²) in [7, 11) is 1.81. The van der Waals surface area contributed by atoms with Crippen LogP contribution in [0, 0.1) is 0 Å². The molecular weight excluding hydrogens is 540 g/mol. The van der Waals surface area contributed by atoms with Crippen molar-refractivity contribution >= 4 is 40.2 Å². The molecule has 0 atom stereocenters. The number of aromatic amines is 1. The van der Waals surface area contributed by atoms with Crippen molar-refractivity contribution in [3.63, 3.8) is 0 Å². The van der Waals surface area contributed by atoms with Crippen LogP contribution in [0.3, 0.4) is 0 Å². The molecule has 1 saturated heterocycles. The van der Waals surface area contributed by atoms with E-state index in [-0.39, 0.29) is 17.6 Å². The van der Waals surface area contributed by atoms with Crippen LogP contribution in [0.2, 0.25) is 0 Å². The Morgan fingerprint density at radius 2 is 1.81 bits per heavy atom. The zero-order chi connectivity index (χ0) is 29.9. The second-order valence-electron chi connectivity index (χ2n) is 10.9. The van der Waals surface area contributed by atoms with E-state index in [0.717, 1.165) is 36.4 Å². The molecule has 0 spiro atoms. The summed E-state index contributed by atoms with van der Waals surface area (Å²) in [6, 6.07) is 20.3. The summed E-state index contributed by atoms with van der Waals surface area (Å²) in [6.45, 7) is 5.24. The first-order valence-electron chi connectivity index (χ1n) is 14.6. The topological polar surface area (TPSA) is 116 Å². The molecule has 43 heavy (non-hydrogen) atoms. The number of benzene rings is 3. The molecule has 3 N–H and O–H groups in total. The third kappa shape index (κ3) is 5.98. The van der Waals surface area contributed by atoms with Crippen molar-refractivity contribution in [2.45, 2.75) is 32.7 Å². The highest BCUT2D eigenvalue weighted by molar-refractivity contribution is 6.13. The lowest BCUT2D eigenvalue weighted by Crippen LogP contribution is -2.18. The van der Waals surface area contributed by atoms with Gasteiger partial charge in [0.25, 0.3) is 5.91 Å². The van der Waals surface area contributed by atoms with Crippen LogP contribution in [-0.4, -0.2) is 55.8 Å². The van der Waals surface area contributed by atoms with Crippen molar-refractivity contribution in [2.75, 3.05) is 18.4 Å². The van der Waals surface area contributed by atoms with Crippen molar-refractivity contribution in [1.82, 2.24) is 19.7 Å². The SMILES string of the molecule is CCc1c(C(=O)Nc2cccc(C(=O)c3ccc4c(C=Nc5ccc(CN6CCCC6)cc5)c(O)[nH]c4c3)c2)cnn1C. The molecule has 1 aliphatic rings. The highest BCUT2D eigenvalue weighted by Gasteiger charge is 2.17. The number of carbonyl (C=O) groups excluding carboxylic acids is 2. The van der Waals surface area contributed by atoms with Crippen LogP contribution >= 0.6 is 0 Å². The quantitative estimate of drug-likeness (QED) is 0.148. The van der Waals surface area contributed by atoms with Crippen LogP contribution in [0.15, 0.2) is 77.9 Å². The van der Waals surface area contributed by atoms with E-state index in [4.69, 9.17) is 0 Å². The molecule has 0 radical (unpaired) electrons. The number of aryl methyl sites for hydroxylation is 1. The van der Waals surface area contributed by atoms with Gasteiger partial charge in [-0.1, -0.05) is 43.3 Å². The number of amides is 1. The summed E-state index contributed by atoms with van der Waals surface area (Å²) in [5.41, 5.74) is 5.99. The summed E-state index contributed by atoms with van der Waals surface area (Å²) >= 11 is 0. The highest BCUT2D eigenvalue weighted by Crippen LogP contribution is 2.28. The van der Waals surface area contributed by atoms with Gasteiger partial charge in [-0.15, -0.1) is 0 Å². The lowest BCUT2D eigenvalue weighted by Gasteiger charge is -2.14. The number of H-pyrrole nitrogens is 1. The van der Waals surface area contributed by atoms with Gasteiger partial charge in [0.1, 0.15) is 0 Å². The summed E-state index contributed by atoms with van der Waals surface area (Å²) < 4.78 is 1.69. The molecule has 218 valence electrons. The molecule has 1 aliphatic heterocycles. The van der Waals surface area contributed by atoms with Gasteiger partial charge in [0.2, 0.25) is 0 Å². The predicted molar refractivity (Wildman–Crippen MR) is 169 cm³/mol. The first-order chi connectivity index (χ1) is 20.9. The summed E-state index contributed by atoms with van der Waals surface area (Å²) in [4.78, 5) is 36.3. The number of carbonyl (C=O) groups is 2. The number of hydrogen-bond donors (Lipinski definition) is 3. The van der Waals surface area contributed by atoms with Crippen molar-refractivity contribution < 1.29 is 14.7 Å². The number of ketones is 1. The van der Waals surface area contributed by atoms with Gasteiger partial charge in [-0.3, -0.25) is 24.2 Å². The Hall–Kier alpha value is -5.02. The lowest BCUT2D eigenvalue weighted by molar-refractivity contribution is 0.102. The minimum absolute atomic E-state index is 0.0134. The Kier molecular flexibility index (Phi) is 7.89. The molecule has 1 amide bonds. The Morgan fingerprint density at radius 3 is 2.58 bits per heavy atom. The number of anilines is 1. The Morgan fingerprint density at radius 1 is 1.05 bits per heavy atom. The number of aromatic nitrogens is 3. The predicted octanol–water partition coefficient (Wildman–Crippen LogP) is 6.00. The van der Waals surface area contributed by atoms with Crippen LogP contribution in [0.4, 0.5) is 11.4 Å². The van der Waals surface area contributed by atoms with Crippen molar-refractivity contribution in [3.05, 3.63) is 106 Å². The fourth-order valence-corrected chi connectivity index (χ4v) is 5.68. The summed E-state index contributed by atoms with van der Waals surface area (Å²) in [5, 5.41) is 18.5. The van der Waals surface area contributed by atoms with Crippen molar-refractivity contribution in [3.8, 4) is 5.88 Å². The van der Waals surface area contributed by atoms with Crippen LogP contribution in [0.5, 0.6) is 5.88 Å². The third-order valence-electron chi connectivity index (χ3n) is 7.99. The van der Waals surface area contributed by atoms with E-state index in [1.165, 1.54) is 18.4 Å². The second kappa shape index (κ2) is 12.1. The second-order valence-corrected chi connectivity index (χ2v) is 10.9.